The number of hydrogen-bond acceptors (Lipinski definition) is 8. The van der Waals surface area contributed by atoms with Crippen molar-refractivity contribution in [2.45, 2.75) is 19.1 Å². The van der Waals surface area contributed by atoms with E-state index in [0.29, 0.717) is 5.57 Å². The summed E-state index contributed by atoms with van der Waals surface area (Å²) >= 11 is 0. The average molecular weight is 438 g/mol. The fraction of sp³-hybridized carbons (Fsp3) is 0.263. The molecular weight excluding hydrogens is 417 g/mol. The molecule has 2 aromatic rings. The van der Waals surface area contributed by atoms with Crippen LogP contribution in [0.1, 0.15) is 23.2 Å². The molecule has 1 amide bonds. The Balaban J connectivity index is 2.02. The van der Waals surface area contributed by atoms with Gasteiger partial charge in [0, 0.05) is 12.6 Å². The van der Waals surface area contributed by atoms with Gasteiger partial charge in [0.2, 0.25) is 0 Å². The predicted molar refractivity (Wildman–Crippen MR) is 107 cm³/mol. The van der Waals surface area contributed by atoms with Crippen LogP contribution in [0.15, 0.2) is 53.1 Å². The lowest BCUT2D eigenvalue weighted by Crippen LogP contribution is -2.39. The average Bonchev–Trinajstić information content (AvgIpc) is 3.20. The number of anilines is 2. The number of nitrogens with one attached hydrogen (secondary N) is 2. The number of allylic oxidation sites excluding steroid dienone is 5. The molecule has 1 atom stereocenters. The van der Waals surface area contributed by atoms with E-state index in [-0.39, 0.29) is 36.4 Å². The number of alkyl halides is 3. The standard InChI is InChI=1S/C19H21F3N6O3/c1-3-12(19(20,21)22)5-4-11(2)15-9-25-18(31-15)26-16-7-6-14(27-28-16)17(30)24-8-13(23)10-29/h3-7,9,13,29H,1,8,10,23H2,2H3,(H,24,30)(H,25,26,28)/b11-4+,12-5+/t13-/m1/s1. The molecule has 0 saturated heterocycles. The molecule has 0 aliphatic heterocycles. The van der Waals surface area contributed by atoms with Crippen LogP contribution in [-0.4, -0.2) is 51.6 Å². The van der Waals surface area contributed by atoms with Crippen LogP contribution in [0.2, 0.25) is 0 Å². The van der Waals surface area contributed by atoms with Crippen LogP contribution in [0.25, 0.3) is 5.57 Å². The van der Waals surface area contributed by atoms with Gasteiger partial charge in [-0.2, -0.15) is 13.2 Å². The van der Waals surface area contributed by atoms with Gasteiger partial charge in [0.05, 0.1) is 18.4 Å². The fourth-order valence-electron chi connectivity index (χ4n) is 2.10. The van der Waals surface area contributed by atoms with E-state index >= 15 is 0 Å². The SMILES string of the molecule is C=C/C(=C\C=C(/C)c1cnc(Nc2ccc(C(=O)NC[C@@H](N)CO)nn2)o1)C(F)(F)F. The van der Waals surface area contributed by atoms with Gasteiger partial charge in [-0.3, -0.25) is 10.1 Å². The summed E-state index contributed by atoms with van der Waals surface area (Å²) in [5, 5.41) is 21.7. The van der Waals surface area contributed by atoms with Crippen molar-refractivity contribution in [1.82, 2.24) is 20.5 Å². The summed E-state index contributed by atoms with van der Waals surface area (Å²) in [6.45, 7) is 4.52. The number of carbonyl (C=O) groups excluding carboxylic acids is 1. The fourth-order valence-corrected chi connectivity index (χ4v) is 2.10. The van der Waals surface area contributed by atoms with Gasteiger partial charge in [-0.1, -0.05) is 18.7 Å². The molecule has 12 heteroatoms. The van der Waals surface area contributed by atoms with Crippen molar-refractivity contribution in [2.24, 2.45) is 5.73 Å². The van der Waals surface area contributed by atoms with Crippen LogP contribution in [0, 0.1) is 0 Å². The highest BCUT2D eigenvalue weighted by Gasteiger charge is 2.30. The van der Waals surface area contributed by atoms with Crippen LogP contribution >= 0.6 is 0 Å². The number of nitrogens with two attached hydrogens (primary N) is 1. The molecule has 0 radical (unpaired) electrons. The molecular formula is C19H21F3N6O3. The number of oxazole rings is 1. The van der Waals surface area contributed by atoms with Crippen LogP contribution in [-0.2, 0) is 0 Å². The highest BCUT2D eigenvalue weighted by Crippen LogP contribution is 2.27. The first-order chi connectivity index (χ1) is 14.6. The van der Waals surface area contributed by atoms with Gasteiger partial charge in [0.15, 0.2) is 17.3 Å². The third-order valence-electron chi connectivity index (χ3n) is 3.85. The van der Waals surface area contributed by atoms with E-state index in [1.54, 1.807) is 6.92 Å². The Labute approximate surface area is 175 Å². The Bertz CT molecular complexity index is 967. The highest BCUT2D eigenvalue weighted by atomic mass is 19.4. The maximum atomic E-state index is 12.7. The maximum absolute atomic E-state index is 12.7. The van der Waals surface area contributed by atoms with Crippen molar-refractivity contribution >= 4 is 23.3 Å². The summed E-state index contributed by atoms with van der Waals surface area (Å²) < 4.78 is 43.6. The number of carbonyl (C=O) groups is 1. The molecule has 0 aliphatic carbocycles. The first-order valence-corrected chi connectivity index (χ1v) is 8.93. The van der Waals surface area contributed by atoms with Crippen LogP contribution < -0.4 is 16.4 Å². The largest absolute Gasteiger partial charge is 0.424 e. The van der Waals surface area contributed by atoms with Crippen molar-refractivity contribution in [1.29, 1.82) is 0 Å². The Kier molecular flexibility index (Phi) is 8.05. The molecule has 9 nitrogen and oxygen atoms in total. The van der Waals surface area contributed by atoms with Gasteiger partial charge >= 0.3 is 12.2 Å². The van der Waals surface area contributed by atoms with E-state index in [0.717, 1.165) is 12.2 Å². The lowest BCUT2D eigenvalue weighted by Gasteiger charge is -2.09. The van der Waals surface area contributed by atoms with Crippen LogP contribution in [0.4, 0.5) is 25.0 Å². The van der Waals surface area contributed by atoms with Gasteiger partial charge in [0.25, 0.3) is 5.91 Å². The van der Waals surface area contributed by atoms with Crippen molar-refractivity contribution in [3.63, 3.8) is 0 Å². The zero-order chi connectivity index (χ0) is 23.0. The third kappa shape index (κ3) is 7.04. The zero-order valence-corrected chi connectivity index (χ0v) is 16.5. The molecule has 0 aliphatic rings. The minimum Gasteiger partial charge on any atom is -0.424 e. The highest BCUT2D eigenvalue weighted by molar-refractivity contribution is 5.92. The van der Waals surface area contributed by atoms with E-state index < -0.39 is 23.7 Å². The van der Waals surface area contributed by atoms with Crippen molar-refractivity contribution in [3.8, 4) is 0 Å². The Hall–Kier alpha value is -3.51. The van der Waals surface area contributed by atoms with Crippen molar-refractivity contribution < 1.29 is 27.5 Å². The summed E-state index contributed by atoms with van der Waals surface area (Å²) in [6.07, 6.45) is -0.311. The molecule has 0 spiro atoms. The third-order valence-corrected chi connectivity index (χ3v) is 3.85. The number of hydrogen-bond donors (Lipinski definition) is 4. The Morgan fingerprint density at radius 3 is 2.68 bits per heavy atom. The molecule has 166 valence electrons. The normalized spacial score (nSPS) is 13.6. The number of aliphatic hydroxyl groups excluding tert-OH is 1. The van der Waals surface area contributed by atoms with Crippen molar-refractivity contribution in [3.05, 3.63) is 60.2 Å². The minimum atomic E-state index is -4.50. The molecule has 31 heavy (non-hydrogen) atoms. The number of halogens is 3. The van der Waals surface area contributed by atoms with Gasteiger partial charge in [-0.15, -0.1) is 10.2 Å². The maximum Gasteiger partial charge on any atom is 0.416 e. The minimum absolute atomic E-state index is 0.0342. The molecule has 5 N–H and O–H groups in total. The number of amides is 1. The predicted octanol–water partition coefficient (Wildman–Crippen LogP) is 2.34. The van der Waals surface area contributed by atoms with E-state index in [4.69, 9.17) is 15.3 Å². The van der Waals surface area contributed by atoms with Crippen LogP contribution in [0.5, 0.6) is 0 Å². The number of aromatic nitrogens is 3. The number of aliphatic hydroxyl groups is 1. The molecule has 0 aromatic carbocycles. The summed E-state index contributed by atoms with van der Waals surface area (Å²) in [5.74, 6) is -0.0361. The molecule has 0 unspecified atom stereocenters. The number of rotatable bonds is 9. The molecule has 2 heterocycles. The summed E-state index contributed by atoms with van der Waals surface area (Å²) in [6, 6.07) is 2.32. The van der Waals surface area contributed by atoms with Crippen LogP contribution in [0.3, 0.4) is 0 Å². The lowest BCUT2D eigenvalue weighted by atomic mass is 10.2. The Morgan fingerprint density at radius 2 is 2.10 bits per heavy atom. The molecule has 0 bridgehead atoms. The second-order valence-electron chi connectivity index (χ2n) is 6.28. The van der Waals surface area contributed by atoms with Gasteiger partial charge in [-0.25, -0.2) is 4.98 Å². The van der Waals surface area contributed by atoms with Gasteiger partial charge in [0.1, 0.15) is 0 Å². The lowest BCUT2D eigenvalue weighted by molar-refractivity contribution is -0.0881. The smallest absolute Gasteiger partial charge is 0.416 e. The molecule has 0 fully saturated rings. The van der Waals surface area contributed by atoms with Crippen molar-refractivity contribution in [2.75, 3.05) is 18.5 Å². The Morgan fingerprint density at radius 1 is 1.35 bits per heavy atom. The van der Waals surface area contributed by atoms with E-state index in [9.17, 15) is 18.0 Å². The first-order valence-electron chi connectivity index (χ1n) is 8.93. The van der Waals surface area contributed by atoms with E-state index in [1.165, 1.54) is 24.4 Å². The van der Waals surface area contributed by atoms with Gasteiger partial charge < -0.3 is 20.6 Å². The van der Waals surface area contributed by atoms with E-state index in [1.807, 2.05) is 0 Å². The second-order valence-corrected chi connectivity index (χ2v) is 6.28. The van der Waals surface area contributed by atoms with E-state index in [2.05, 4.69) is 32.4 Å². The molecule has 2 rings (SSSR count). The number of nitrogens with zero attached hydrogens (tertiary/aromatic N) is 3. The first kappa shape index (κ1) is 23.8. The summed E-state index contributed by atoms with van der Waals surface area (Å²) in [7, 11) is 0. The topological polar surface area (TPSA) is 139 Å². The zero-order valence-electron chi connectivity index (χ0n) is 16.5. The monoisotopic (exact) mass is 438 g/mol. The summed E-state index contributed by atoms with van der Waals surface area (Å²) in [5.41, 5.74) is 5.06. The quantitative estimate of drug-likeness (QED) is 0.438. The second kappa shape index (κ2) is 10.5. The molecule has 2 aromatic heterocycles. The summed E-state index contributed by atoms with van der Waals surface area (Å²) in [4.78, 5) is 15.9. The van der Waals surface area contributed by atoms with Gasteiger partial charge in [-0.05, 0) is 30.7 Å². The molecule has 0 saturated carbocycles.